The molecule has 0 amide bonds. The number of hydrogen-bond acceptors (Lipinski definition) is 6. The molecule has 0 fully saturated rings. The molecular weight excluding hydrogens is 406 g/mol. The van der Waals surface area contributed by atoms with Crippen LogP contribution in [0.5, 0.6) is 11.5 Å². The van der Waals surface area contributed by atoms with Crippen molar-refractivity contribution in [3.63, 3.8) is 0 Å². The summed E-state index contributed by atoms with van der Waals surface area (Å²) < 4.78 is 12.0. The van der Waals surface area contributed by atoms with Crippen LogP contribution in [0.2, 0.25) is 5.02 Å². The van der Waals surface area contributed by atoms with E-state index in [0.29, 0.717) is 11.5 Å². The maximum atomic E-state index is 12.4. The molecule has 0 aliphatic heterocycles. The molecule has 0 radical (unpaired) electrons. The number of aromatic nitrogens is 3. The molecule has 0 aliphatic rings. The van der Waals surface area contributed by atoms with Crippen molar-refractivity contribution in [2.45, 2.75) is 12.1 Å². The monoisotopic (exact) mass is 423 g/mol. The summed E-state index contributed by atoms with van der Waals surface area (Å²) in [4.78, 5) is 16.2. The van der Waals surface area contributed by atoms with Gasteiger partial charge in [0.15, 0.2) is 0 Å². The zero-order valence-corrected chi connectivity index (χ0v) is 16.8. The molecule has 0 saturated heterocycles. The Morgan fingerprint density at radius 1 is 1.10 bits per heavy atom. The van der Waals surface area contributed by atoms with E-state index in [-0.39, 0.29) is 17.1 Å². The number of carbonyl (C=O) groups excluding carboxylic acids is 1. The number of nitrogens with zero attached hydrogens (tertiary/aromatic N) is 3. The Morgan fingerprint density at radius 3 is 2.53 bits per heavy atom. The quantitative estimate of drug-likeness (QED) is 0.473. The number of hydrogen-bond donors (Lipinski definition) is 1. The van der Waals surface area contributed by atoms with E-state index in [1.54, 1.807) is 12.1 Å². The zero-order valence-electron chi connectivity index (χ0n) is 16.0. The third-order valence-corrected chi connectivity index (χ3v) is 5.04. The third-order valence-electron chi connectivity index (χ3n) is 4.72. The first kappa shape index (κ1) is 19.9. The van der Waals surface area contributed by atoms with Gasteiger partial charge in [0, 0.05) is 5.56 Å². The van der Waals surface area contributed by atoms with Crippen molar-refractivity contribution >= 4 is 28.3 Å². The van der Waals surface area contributed by atoms with Gasteiger partial charge in [0.05, 0.1) is 18.7 Å². The molecule has 1 heterocycles. The van der Waals surface area contributed by atoms with Crippen LogP contribution in [0.15, 0.2) is 73.3 Å². The molecule has 0 spiro atoms. The van der Waals surface area contributed by atoms with E-state index in [4.69, 9.17) is 21.1 Å². The minimum Gasteiger partial charge on any atom is -0.467 e. The maximum Gasteiger partial charge on any atom is 0.344 e. The maximum absolute atomic E-state index is 12.4. The molecule has 3 aromatic carbocycles. The fourth-order valence-electron chi connectivity index (χ4n) is 3.24. The van der Waals surface area contributed by atoms with Crippen molar-refractivity contribution in [1.82, 2.24) is 14.8 Å². The lowest BCUT2D eigenvalue weighted by molar-refractivity contribution is -0.165. The number of aliphatic hydroxyl groups is 1. The van der Waals surface area contributed by atoms with Crippen molar-refractivity contribution in [3.05, 3.63) is 83.9 Å². The van der Waals surface area contributed by atoms with Crippen LogP contribution in [-0.4, -0.2) is 33.0 Å². The molecule has 1 N–H and O–H groups in total. The second-order valence-corrected chi connectivity index (χ2v) is 7.10. The van der Waals surface area contributed by atoms with Gasteiger partial charge >= 0.3 is 5.97 Å². The Labute approximate surface area is 177 Å². The van der Waals surface area contributed by atoms with Gasteiger partial charge in [-0.1, -0.05) is 48.0 Å². The topological polar surface area (TPSA) is 86.5 Å². The van der Waals surface area contributed by atoms with Crippen LogP contribution < -0.4 is 4.74 Å². The van der Waals surface area contributed by atoms with Gasteiger partial charge in [-0.2, -0.15) is 5.10 Å². The highest BCUT2D eigenvalue weighted by Crippen LogP contribution is 2.35. The van der Waals surface area contributed by atoms with Gasteiger partial charge < -0.3 is 14.6 Å². The highest BCUT2D eigenvalue weighted by molar-refractivity contribution is 6.31. The minimum absolute atomic E-state index is 0.154. The van der Waals surface area contributed by atoms with Crippen LogP contribution in [0.3, 0.4) is 0 Å². The normalized spacial score (nSPS) is 13.0. The first-order chi connectivity index (χ1) is 14.5. The molecule has 152 valence electrons. The Kier molecular flexibility index (Phi) is 5.39. The molecule has 4 rings (SSSR count). The largest absolute Gasteiger partial charge is 0.467 e. The Hall–Kier alpha value is -3.42. The lowest BCUT2D eigenvalue weighted by Gasteiger charge is -2.26. The van der Waals surface area contributed by atoms with Crippen molar-refractivity contribution in [3.8, 4) is 11.5 Å². The number of esters is 1. The van der Waals surface area contributed by atoms with Crippen molar-refractivity contribution in [2.75, 3.05) is 7.11 Å². The summed E-state index contributed by atoms with van der Waals surface area (Å²) in [6.07, 6.45) is 2.69. The summed E-state index contributed by atoms with van der Waals surface area (Å²) in [5.74, 6) is 0.249. The second-order valence-electron chi connectivity index (χ2n) is 6.70. The van der Waals surface area contributed by atoms with E-state index in [9.17, 15) is 9.90 Å². The molecule has 7 nitrogen and oxygen atoms in total. The van der Waals surface area contributed by atoms with Crippen LogP contribution in [0.25, 0.3) is 10.8 Å². The van der Waals surface area contributed by atoms with Gasteiger partial charge in [0.2, 0.25) is 5.60 Å². The van der Waals surface area contributed by atoms with E-state index in [2.05, 4.69) is 10.1 Å². The number of rotatable bonds is 6. The van der Waals surface area contributed by atoms with Crippen LogP contribution in [-0.2, 0) is 21.7 Å². The Balaban J connectivity index is 1.64. The summed E-state index contributed by atoms with van der Waals surface area (Å²) in [7, 11) is 1.19. The highest BCUT2D eigenvalue weighted by atomic mass is 35.5. The number of halogens is 1. The number of methoxy groups -OCH3 is 1. The molecule has 1 unspecified atom stereocenters. The van der Waals surface area contributed by atoms with Crippen LogP contribution in [0, 0.1) is 0 Å². The van der Waals surface area contributed by atoms with Crippen molar-refractivity contribution in [2.24, 2.45) is 0 Å². The first-order valence-corrected chi connectivity index (χ1v) is 9.47. The van der Waals surface area contributed by atoms with Crippen molar-refractivity contribution < 1.29 is 19.4 Å². The molecule has 1 atom stereocenters. The van der Waals surface area contributed by atoms with Crippen LogP contribution >= 0.6 is 11.6 Å². The van der Waals surface area contributed by atoms with Gasteiger partial charge in [-0.25, -0.2) is 14.5 Å². The molecule has 30 heavy (non-hydrogen) atoms. The standard InChI is InChI=1S/C22H18ClN3O4/c1-29-21(27)22(28,12-26-14-24-13-25-26)19-9-8-18(11-20(19)23)30-17-7-6-15-4-2-3-5-16(15)10-17/h2-11,13-14,28H,12H2,1H3. The Morgan fingerprint density at radius 2 is 1.83 bits per heavy atom. The van der Waals surface area contributed by atoms with E-state index < -0.39 is 11.6 Å². The lowest BCUT2D eigenvalue weighted by atomic mass is 9.93. The van der Waals surface area contributed by atoms with Crippen LogP contribution in [0.1, 0.15) is 5.56 Å². The van der Waals surface area contributed by atoms with E-state index in [1.807, 2.05) is 42.5 Å². The molecular formula is C22H18ClN3O4. The smallest absolute Gasteiger partial charge is 0.344 e. The molecule has 0 saturated carbocycles. The van der Waals surface area contributed by atoms with Crippen molar-refractivity contribution in [1.29, 1.82) is 0 Å². The predicted molar refractivity (Wildman–Crippen MR) is 111 cm³/mol. The summed E-state index contributed by atoms with van der Waals surface area (Å²) in [5, 5.41) is 17.4. The number of ether oxygens (including phenoxy) is 2. The lowest BCUT2D eigenvalue weighted by Crippen LogP contribution is -2.41. The van der Waals surface area contributed by atoms with Gasteiger partial charge in [0.1, 0.15) is 24.2 Å². The number of benzene rings is 3. The molecule has 8 heteroatoms. The highest BCUT2D eigenvalue weighted by Gasteiger charge is 2.42. The zero-order chi connectivity index (χ0) is 21.1. The summed E-state index contributed by atoms with van der Waals surface area (Å²) in [6.45, 7) is -0.204. The third kappa shape index (κ3) is 3.85. The van der Waals surface area contributed by atoms with Gasteiger partial charge in [-0.05, 0) is 35.0 Å². The predicted octanol–water partition coefficient (Wildman–Crippen LogP) is 3.94. The first-order valence-electron chi connectivity index (χ1n) is 9.09. The SMILES string of the molecule is COC(=O)C(O)(Cn1cncn1)c1ccc(Oc2ccc3ccccc3c2)cc1Cl. The second kappa shape index (κ2) is 8.14. The molecule has 1 aromatic heterocycles. The minimum atomic E-state index is -2.04. The number of fused-ring (bicyclic) bond motifs is 1. The summed E-state index contributed by atoms with van der Waals surface area (Å²) >= 11 is 6.42. The van der Waals surface area contributed by atoms with E-state index in [1.165, 1.54) is 30.5 Å². The van der Waals surface area contributed by atoms with E-state index in [0.717, 1.165) is 10.8 Å². The fourth-order valence-corrected chi connectivity index (χ4v) is 3.57. The van der Waals surface area contributed by atoms with Crippen LogP contribution in [0.4, 0.5) is 0 Å². The summed E-state index contributed by atoms with van der Waals surface area (Å²) in [5.41, 5.74) is -1.86. The number of carbonyl (C=O) groups is 1. The molecule has 4 aromatic rings. The molecule has 0 aliphatic carbocycles. The average molecular weight is 424 g/mol. The van der Waals surface area contributed by atoms with Gasteiger partial charge in [0.25, 0.3) is 0 Å². The fraction of sp³-hybridized carbons (Fsp3) is 0.136. The summed E-state index contributed by atoms with van der Waals surface area (Å²) in [6, 6.07) is 18.4. The van der Waals surface area contributed by atoms with Gasteiger partial charge in [-0.3, -0.25) is 0 Å². The van der Waals surface area contributed by atoms with E-state index >= 15 is 0 Å². The average Bonchev–Trinajstić information content (AvgIpc) is 3.25. The molecule has 0 bridgehead atoms. The Bertz CT molecular complexity index is 1200. The van der Waals surface area contributed by atoms with Gasteiger partial charge in [-0.15, -0.1) is 0 Å².